The van der Waals surface area contributed by atoms with Gasteiger partial charge in [0.2, 0.25) is 10.0 Å². The molecule has 0 saturated heterocycles. The van der Waals surface area contributed by atoms with Crippen LogP contribution in [0.3, 0.4) is 0 Å². The second kappa shape index (κ2) is 7.02. The summed E-state index contributed by atoms with van der Waals surface area (Å²) in [5.41, 5.74) is 4.86. The second-order valence-corrected chi connectivity index (χ2v) is 8.00. The molecule has 8 heteroatoms. The number of methoxy groups -OCH3 is 1. The molecule has 23 heavy (non-hydrogen) atoms. The molecule has 3 N–H and O–H groups in total. The van der Waals surface area contributed by atoms with Crippen LogP contribution in [0.1, 0.15) is 49.1 Å². The van der Waals surface area contributed by atoms with Crippen LogP contribution >= 0.6 is 0 Å². The number of carbonyl (C=O) groups is 1. The average Bonchev–Trinajstić information content (AvgIpc) is 2.71. The molecule has 1 rings (SSSR count). The monoisotopic (exact) mass is 346 g/mol. The van der Waals surface area contributed by atoms with Gasteiger partial charge in [-0.25, -0.2) is 17.9 Å². The molecule has 1 unspecified atom stereocenters. The van der Waals surface area contributed by atoms with Crippen molar-refractivity contribution in [3.8, 4) is 0 Å². The lowest BCUT2D eigenvalue weighted by Crippen LogP contribution is -2.52. The fourth-order valence-electron chi connectivity index (χ4n) is 2.77. The van der Waals surface area contributed by atoms with Crippen molar-refractivity contribution in [2.75, 3.05) is 13.7 Å². The number of hydrogen-bond donors (Lipinski definition) is 2. The molecule has 0 radical (unpaired) electrons. The molecule has 0 aliphatic heterocycles. The molecule has 0 bridgehead atoms. The minimum Gasteiger partial charge on any atom is -0.465 e. The quantitative estimate of drug-likeness (QED) is 0.727. The zero-order valence-corrected chi connectivity index (χ0v) is 15.3. The number of nitrogens with one attached hydrogen (secondary N) is 1. The van der Waals surface area contributed by atoms with E-state index in [0.717, 1.165) is 0 Å². The second-order valence-electron chi connectivity index (χ2n) is 6.38. The molecular formula is C15H26N2O5S. The fourth-order valence-corrected chi connectivity index (χ4v) is 4.60. The first-order valence-electron chi connectivity index (χ1n) is 7.39. The zero-order valence-electron chi connectivity index (χ0n) is 14.5. The normalized spacial score (nSPS) is 14.8. The molecule has 1 atom stereocenters. The Bertz CT molecular complexity index is 678. The summed E-state index contributed by atoms with van der Waals surface area (Å²) < 4.78 is 38.3. The molecule has 1 aromatic heterocycles. The van der Waals surface area contributed by atoms with Crippen LogP contribution in [0.2, 0.25) is 0 Å². The third-order valence-corrected chi connectivity index (χ3v) is 5.34. The highest BCUT2D eigenvalue weighted by molar-refractivity contribution is 7.89. The largest absolute Gasteiger partial charge is 0.465 e. The summed E-state index contributed by atoms with van der Waals surface area (Å²) in [6, 6.07) is 0. The van der Waals surface area contributed by atoms with Gasteiger partial charge in [0.25, 0.3) is 0 Å². The minimum atomic E-state index is -4.00. The van der Waals surface area contributed by atoms with E-state index in [-0.39, 0.29) is 34.4 Å². The molecule has 0 aliphatic carbocycles. The smallest absolute Gasteiger partial charge is 0.342 e. The number of furan rings is 1. The number of esters is 1. The maximum atomic E-state index is 12.8. The van der Waals surface area contributed by atoms with Crippen LogP contribution < -0.4 is 10.5 Å². The van der Waals surface area contributed by atoms with Crippen LogP contribution in [0.4, 0.5) is 0 Å². The molecule has 0 fully saturated rings. The molecule has 7 nitrogen and oxygen atoms in total. The first kappa shape index (κ1) is 19.7. The Morgan fingerprint density at radius 3 is 2.35 bits per heavy atom. The van der Waals surface area contributed by atoms with E-state index >= 15 is 0 Å². The van der Waals surface area contributed by atoms with Gasteiger partial charge in [0.1, 0.15) is 22.0 Å². The van der Waals surface area contributed by atoms with Crippen LogP contribution in [-0.4, -0.2) is 33.6 Å². The van der Waals surface area contributed by atoms with E-state index in [1.54, 1.807) is 6.92 Å². The Morgan fingerprint density at radius 2 is 1.91 bits per heavy atom. The maximum Gasteiger partial charge on any atom is 0.342 e. The molecule has 0 saturated carbocycles. The van der Waals surface area contributed by atoms with Crippen LogP contribution in [0.25, 0.3) is 0 Å². The Kier molecular flexibility index (Phi) is 6.00. The average molecular weight is 346 g/mol. The number of carbonyl (C=O) groups excluding carboxylic acids is 1. The van der Waals surface area contributed by atoms with Crippen molar-refractivity contribution in [1.82, 2.24) is 4.72 Å². The predicted octanol–water partition coefficient (Wildman–Crippen LogP) is 1.72. The van der Waals surface area contributed by atoms with E-state index in [9.17, 15) is 13.2 Å². The highest BCUT2D eigenvalue weighted by Gasteiger charge is 2.36. The summed E-state index contributed by atoms with van der Waals surface area (Å²) in [5.74, 6) is -0.163. The highest BCUT2D eigenvalue weighted by Crippen LogP contribution is 2.29. The van der Waals surface area contributed by atoms with Gasteiger partial charge < -0.3 is 14.9 Å². The van der Waals surface area contributed by atoms with Gasteiger partial charge >= 0.3 is 5.97 Å². The zero-order chi connectivity index (χ0) is 18.0. The maximum absolute atomic E-state index is 12.8. The molecule has 1 heterocycles. The highest BCUT2D eigenvalue weighted by atomic mass is 32.2. The van der Waals surface area contributed by atoms with Gasteiger partial charge in [0, 0.05) is 12.1 Å². The lowest BCUT2D eigenvalue weighted by molar-refractivity contribution is 0.0594. The van der Waals surface area contributed by atoms with E-state index < -0.39 is 21.5 Å². The Balaban J connectivity index is 3.37. The number of ether oxygens (including phenoxy) is 1. The van der Waals surface area contributed by atoms with Crippen LogP contribution in [-0.2, 0) is 14.8 Å². The Hall–Kier alpha value is -1.38. The molecule has 0 aliphatic rings. The Labute approximate surface area is 137 Å². The van der Waals surface area contributed by atoms with E-state index in [1.807, 2.05) is 13.8 Å². The SMILES string of the molecule is COC(=O)c1c(C)oc(C)c1S(=O)(=O)NC(C)(CN)CC(C)C. The van der Waals surface area contributed by atoms with Gasteiger partial charge in [-0.1, -0.05) is 13.8 Å². The first-order valence-corrected chi connectivity index (χ1v) is 8.88. The standard InChI is InChI=1S/C15H26N2O5S/c1-9(2)7-15(5,8-16)17-23(19,20)13-11(4)22-10(3)12(13)14(18)21-6/h9,17H,7-8,16H2,1-6H3. The molecule has 0 aromatic carbocycles. The van der Waals surface area contributed by atoms with Gasteiger partial charge in [0.05, 0.1) is 7.11 Å². The molecule has 0 amide bonds. The third kappa shape index (κ3) is 4.33. The predicted molar refractivity (Wildman–Crippen MR) is 86.8 cm³/mol. The molecule has 1 aromatic rings. The number of sulfonamides is 1. The van der Waals surface area contributed by atoms with E-state index in [0.29, 0.717) is 6.42 Å². The lowest BCUT2D eigenvalue weighted by Gasteiger charge is -2.30. The number of aryl methyl sites for hydroxylation is 2. The topological polar surface area (TPSA) is 112 Å². The number of nitrogens with two attached hydrogens (primary N) is 1. The van der Waals surface area contributed by atoms with Gasteiger partial charge in [-0.05, 0) is 33.1 Å². The molecule has 0 spiro atoms. The van der Waals surface area contributed by atoms with Gasteiger partial charge in [-0.3, -0.25) is 0 Å². The summed E-state index contributed by atoms with van der Waals surface area (Å²) in [7, 11) is -2.80. The van der Waals surface area contributed by atoms with Crippen LogP contribution in [0, 0.1) is 19.8 Å². The summed E-state index contributed by atoms with van der Waals surface area (Å²) in [5, 5.41) is 0. The number of rotatable bonds is 7. The molecular weight excluding hydrogens is 320 g/mol. The van der Waals surface area contributed by atoms with Crippen molar-refractivity contribution in [3.05, 3.63) is 17.1 Å². The van der Waals surface area contributed by atoms with Crippen molar-refractivity contribution < 1.29 is 22.4 Å². The Morgan fingerprint density at radius 1 is 1.35 bits per heavy atom. The van der Waals surface area contributed by atoms with E-state index in [2.05, 4.69) is 9.46 Å². The summed E-state index contributed by atoms with van der Waals surface area (Å²) in [4.78, 5) is 11.7. The summed E-state index contributed by atoms with van der Waals surface area (Å²) in [6.07, 6.45) is 0.562. The van der Waals surface area contributed by atoms with Crippen LogP contribution in [0.5, 0.6) is 0 Å². The van der Waals surface area contributed by atoms with Crippen molar-refractivity contribution in [2.45, 2.75) is 51.5 Å². The summed E-state index contributed by atoms with van der Waals surface area (Å²) >= 11 is 0. The fraction of sp³-hybridized carbons (Fsp3) is 0.667. The van der Waals surface area contributed by atoms with Gasteiger partial charge in [0.15, 0.2) is 0 Å². The van der Waals surface area contributed by atoms with Gasteiger partial charge in [-0.15, -0.1) is 0 Å². The van der Waals surface area contributed by atoms with Crippen molar-refractivity contribution in [1.29, 1.82) is 0 Å². The lowest BCUT2D eigenvalue weighted by atomic mass is 9.92. The third-order valence-electron chi connectivity index (χ3n) is 3.55. The first-order chi connectivity index (χ1) is 10.5. The van der Waals surface area contributed by atoms with Crippen molar-refractivity contribution in [2.24, 2.45) is 11.7 Å². The van der Waals surface area contributed by atoms with E-state index in [1.165, 1.54) is 21.0 Å². The van der Waals surface area contributed by atoms with Gasteiger partial charge in [-0.2, -0.15) is 0 Å². The minimum absolute atomic E-state index is 0.0820. The van der Waals surface area contributed by atoms with Crippen molar-refractivity contribution >= 4 is 16.0 Å². The molecule has 132 valence electrons. The number of hydrogen-bond acceptors (Lipinski definition) is 6. The summed E-state index contributed by atoms with van der Waals surface area (Å²) in [6.45, 7) is 8.86. The van der Waals surface area contributed by atoms with Crippen molar-refractivity contribution in [3.63, 3.8) is 0 Å². The van der Waals surface area contributed by atoms with E-state index in [4.69, 9.17) is 10.2 Å². The van der Waals surface area contributed by atoms with Crippen LogP contribution in [0.15, 0.2) is 9.31 Å².